The van der Waals surface area contributed by atoms with Crippen LogP contribution in [0.1, 0.15) is 0 Å². The van der Waals surface area contributed by atoms with Crippen molar-refractivity contribution in [2.24, 2.45) is 5.73 Å². The van der Waals surface area contributed by atoms with Gasteiger partial charge in [0.2, 0.25) is 0 Å². The van der Waals surface area contributed by atoms with Crippen LogP contribution in [0.25, 0.3) is 0 Å². The fourth-order valence-electron chi connectivity index (χ4n) is 1.56. The number of hydrogen-bond acceptors (Lipinski definition) is 3. The summed E-state index contributed by atoms with van der Waals surface area (Å²) >= 11 is 4.97. The van der Waals surface area contributed by atoms with Crippen molar-refractivity contribution in [1.82, 2.24) is 0 Å². The van der Waals surface area contributed by atoms with E-state index in [-0.39, 0.29) is 0 Å². The topological polar surface area (TPSA) is 47.7 Å². The van der Waals surface area contributed by atoms with Gasteiger partial charge in [-0.1, -0.05) is 0 Å². The molecule has 2 N–H and O–H groups in total. The lowest BCUT2D eigenvalue weighted by Gasteiger charge is -2.29. The molecule has 0 aromatic heterocycles. The molecule has 1 aromatic rings. The lowest BCUT2D eigenvalue weighted by atomic mass is 10.2. The zero-order chi connectivity index (χ0) is 10.8. The van der Waals surface area contributed by atoms with Crippen molar-refractivity contribution >= 4 is 23.0 Å². The summed E-state index contributed by atoms with van der Waals surface area (Å²) in [6.07, 6.45) is 0. The van der Waals surface area contributed by atoms with Crippen LogP contribution in [0.3, 0.4) is 0 Å². The van der Waals surface area contributed by atoms with Crippen LogP contribution in [0.5, 0.6) is 11.5 Å². The molecule has 1 aliphatic rings. The fourth-order valence-corrected chi connectivity index (χ4v) is 1.75. The quantitative estimate of drug-likeness (QED) is 0.725. The molecule has 0 unspecified atom stereocenters. The largest absolute Gasteiger partial charge is 0.497 e. The van der Waals surface area contributed by atoms with E-state index in [4.69, 9.17) is 27.4 Å². The summed E-state index contributed by atoms with van der Waals surface area (Å²) in [7, 11) is 1.62. The maximum Gasteiger partial charge on any atom is 0.171 e. The van der Waals surface area contributed by atoms with Gasteiger partial charge in [-0.2, -0.15) is 0 Å². The summed E-state index contributed by atoms with van der Waals surface area (Å²) < 4.78 is 10.6. The number of nitrogens with zero attached hydrogens (tertiary/aromatic N) is 1. The molecule has 1 aliphatic heterocycles. The third kappa shape index (κ3) is 1.83. The number of anilines is 1. The van der Waals surface area contributed by atoms with E-state index in [0.717, 1.165) is 17.2 Å². The van der Waals surface area contributed by atoms with Crippen LogP contribution in [0.15, 0.2) is 18.2 Å². The zero-order valence-electron chi connectivity index (χ0n) is 8.40. The lowest BCUT2D eigenvalue weighted by molar-refractivity contribution is 0.312. The number of rotatable bonds is 1. The van der Waals surface area contributed by atoms with Crippen LogP contribution in [0, 0.1) is 0 Å². The Labute approximate surface area is 93.6 Å². The van der Waals surface area contributed by atoms with Crippen LogP contribution in [0.2, 0.25) is 0 Å². The highest BCUT2D eigenvalue weighted by Crippen LogP contribution is 2.34. The Morgan fingerprint density at radius 3 is 3.07 bits per heavy atom. The van der Waals surface area contributed by atoms with Crippen molar-refractivity contribution in [2.75, 3.05) is 25.2 Å². The molecule has 5 heteroatoms. The molecule has 1 heterocycles. The molecular formula is C10H12N2O2S. The molecular weight excluding hydrogens is 212 g/mol. The second kappa shape index (κ2) is 3.94. The van der Waals surface area contributed by atoms with Crippen LogP contribution < -0.4 is 20.1 Å². The van der Waals surface area contributed by atoms with Crippen LogP contribution in [-0.2, 0) is 0 Å². The average Bonchev–Trinajstić information content (AvgIpc) is 2.27. The Balaban J connectivity index is 2.40. The summed E-state index contributed by atoms with van der Waals surface area (Å²) in [5.74, 6) is 1.52. The van der Waals surface area contributed by atoms with E-state index in [1.54, 1.807) is 7.11 Å². The van der Waals surface area contributed by atoms with E-state index < -0.39 is 0 Å². The van der Waals surface area contributed by atoms with E-state index in [2.05, 4.69) is 0 Å². The fraction of sp³-hybridized carbons (Fsp3) is 0.300. The SMILES string of the molecule is COc1ccc2c(c1)OCCN2C(N)=S. The van der Waals surface area contributed by atoms with Gasteiger partial charge in [0.15, 0.2) is 5.11 Å². The first-order valence-corrected chi connectivity index (χ1v) is 5.01. The molecule has 0 spiro atoms. The summed E-state index contributed by atoms with van der Waals surface area (Å²) in [5.41, 5.74) is 6.52. The molecule has 1 aromatic carbocycles. The van der Waals surface area contributed by atoms with Gasteiger partial charge in [0, 0.05) is 6.07 Å². The molecule has 0 aliphatic carbocycles. The highest BCUT2D eigenvalue weighted by molar-refractivity contribution is 7.80. The third-order valence-electron chi connectivity index (χ3n) is 2.30. The van der Waals surface area contributed by atoms with Crippen molar-refractivity contribution in [3.63, 3.8) is 0 Å². The molecule has 0 atom stereocenters. The number of fused-ring (bicyclic) bond motifs is 1. The van der Waals surface area contributed by atoms with Crippen LogP contribution in [0.4, 0.5) is 5.69 Å². The van der Waals surface area contributed by atoms with E-state index >= 15 is 0 Å². The maximum absolute atomic E-state index is 5.62. The van der Waals surface area contributed by atoms with Crippen molar-refractivity contribution in [3.8, 4) is 11.5 Å². The van der Waals surface area contributed by atoms with Gasteiger partial charge in [0.1, 0.15) is 18.1 Å². The van der Waals surface area contributed by atoms with Gasteiger partial charge >= 0.3 is 0 Å². The molecule has 80 valence electrons. The molecule has 2 rings (SSSR count). The summed E-state index contributed by atoms with van der Waals surface area (Å²) in [4.78, 5) is 1.85. The summed E-state index contributed by atoms with van der Waals surface area (Å²) in [5, 5.41) is 0.365. The zero-order valence-corrected chi connectivity index (χ0v) is 9.21. The standard InChI is InChI=1S/C10H12N2O2S/c1-13-7-2-3-8-9(6-7)14-5-4-12(8)10(11)15/h2-3,6H,4-5H2,1H3,(H2,11,15). The predicted molar refractivity (Wildman–Crippen MR) is 62.6 cm³/mol. The number of ether oxygens (including phenoxy) is 2. The first-order chi connectivity index (χ1) is 7.22. The van der Waals surface area contributed by atoms with E-state index in [1.807, 2.05) is 23.1 Å². The number of hydrogen-bond donors (Lipinski definition) is 1. The highest BCUT2D eigenvalue weighted by atomic mass is 32.1. The minimum Gasteiger partial charge on any atom is -0.497 e. The molecule has 0 fully saturated rings. The highest BCUT2D eigenvalue weighted by Gasteiger charge is 2.20. The Hall–Kier alpha value is -1.49. The molecule has 0 saturated heterocycles. The maximum atomic E-state index is 5.62. The van der Waals surface area contributed by atoms with Crippen molar-refractivity contribution in [1.29, 1.82) is 0 Å². The van der Waals surface area contributed by atoms with E-state index in [1.165, 1.54) is 0 Å². The molecule has 4 nitrogen and oxygen atoms in total. The van der Waals surface area contributed by atoms with Crippen molar-refractivity contribution < 1.29 is 9.47 Å². The lowest BCUT2D eigenvalue weighted by Crippen LogP contribution is -2.41. The van der Waals surface area contributed by atoms with Crippen LogP contribution in [-0.4, -0.2) is 25.4 Å². The Morgan fingerprint density at radius 1 is 1.60 bits per heavy atom. The number of thiocarbonyl (C=S) groups is 1. The van der Waals surface area contributed by atoms with Gasteiger partial charge in [-0.15, -0.1) is 0 Å². The molecule has 0 radical (unpaired) electrons. The number of methoxy groups -OCH3 is 1. The Bertz CT molecular complexity index is 395. The smallest absolute Gasteiger partial charge is 0.171 e. The molecule has 0 saturated carbocycles. The predicted octanol–water partition coefficient (Wildman–Crippen LogP) is 1.14. The third-order valence-corrected chi connectivity index (χ3v) is 2.52. The van der Waals surface area contributed by atoms with Gasteiger partial charge < -0.3 is 20.1 Å². The Kier molecular flexibility index (Phi) is 2.64. The minimum atomic E-state index is 0.365. The summed E-state index contributed by atoms with van der Waals surface area (Å²) in [6.45, 7) is 1.27. The normalized spacial score (nSPS) is 14.1. The second-order valence-electron chi connectivity index (χ2n) is 3.17. The summed E-state index contributed by atoms with van der Waals surface area (Å²) in [6, 6.07) is 5.59. The second-order valence-corrected chi connectivity index (χ2v) is 3.59. The number of nitrogens with two attached hydrogens (primary N) is 1. The average molecular weight is 224 g/mol. The first kappa shape index (κ1) is 10.0. The monoisotopic (exact) mass is 224 g/mol. The molecule has 15 heavy (non-hydrogen) atoms. The number of benzene rings is 1. The van der Waals surface area contributed by atoms with Gasteiger partial charge in [0.05, 0.1) is 19.3 Å². The van der Waals surface area contributed by atoms with E-state index in [9.17, 15) is 0 Å². The van der Waals surface area contributed by atoms with Gasteiger partial charge in [0.25, 0.3) is 0 Å². The van der Waals surface area contributed by atoms with E-state index in [0.29, 0.717) is 18.3 Å². The van der Waals surface area contributed by atoms with Gasteiger partial charge in [-0.05, 0) is 24.4 Å². The van der Waals surface area contributed by atoms with Gasteiger partial charge in [-0.25, -0.2) is 0 Å². The first-order valence-electron chi connectivity index (χ1n) is 4.60. The molecule has 0 amide bonds. The minimum absolute atomic E-state index is 0.365. The Morgan fingerprint density at radius 2 is 2.40 bits per heavy atom. The van der Waals surface area contributed by atoms with Gasteiger partial charge in [-0.3, -0.25) is 0 Å². The van der Waals surface area contributed by atoms with Crippen LogP contribution >= 0.6 is 12.2 Å². The molecule has 0 bridgehead atoms. The van der Waals surface area contributed by atoms with Crippen molar-refractivity contribution in [2.45, 2.75) is 0 Å². The van der Waals surface area contributed by atoms with Crippen molar-refractivity contribution in [3.05, 3.63) is 18.2 Å².